The molecule has 0 unspecified atom stereocenters. The number of anilines is 1. The number of fused-ring (bicyclic) bond motifs is 1. The minimum Gasteiger partial charge on any atom is -0.445 e. The van der Waals surface area contributed by atoms with Crippen molar-refractivity contribution in [1.82, 2.24) is 24.2 Å². The number of carbonyl (C=O) groups is 2. The zero-order valence-electron chi connectivity index (χ0n) is 19.2. The molecule has 0 spiro atoms. The minimum atomic E-state index is -0.356. The molecule has 0 saturated carbocycles. The molecule has 0 atom stereocenters. The number of nitrogens with zero attached hydrogens (tertiary/aromatic N) is 5. The molecule has 1 aliphatic rings. The molecule has 9 heteroatoms. The molecule has 0 bridgehead atoms. The molecule has 2 amide bonds. The molecular weight excluding hydrogens is 444 g/mol. The number of piperazine rings is 1. The van der Waals surface area contributed by atoms with Gasteiger partial charge in [0, 0.05) is 44.1 Å². The first-order chi connectivity index (χ1) is 17.2. The van der Waals surface area contributed by atoms with Crippen molar-refractivity contribution in [3.05, 3.63) is 84.8 Å². The van der Waals surface area contributed by atoms with Gasteiger partial charge in [-0.15, -0.1) is 0 Å². The van der Waals surface area contributed by atoms with Gasteiger partial charge in [-0.25, -0.2) is 9.78 Å². The third-order valence-corrected chi connectivity index (χ3v) is 5.98. The molecule has 178 valence electrons. The van der Waals surface area contributed by atoms with Crippen LogP contribution < -0.4 is 5.32 Å². The lowest BCUT2D eigenvalue weighted by molar-refractivity contribution is -0.130. The summed E-state index contributed by atoms with van der Waals surface area (Å²) in [5.41, 5.74) is 3.36. The van der Waals surface area contributed by atoms with E-state index >= 15 is 0 Å². The van der Waals surface area contributed by atoms with Crippen LogP contribution >= 0.6 is 0 Å². The Labute approximate surface area is 203 Å². The number of aromatic nitrogens is 3. The fraction of sp³-hybridized carbons (Fsp3) is 0.231. The van der Waals surface area contributed by atoms with Gasteiger partial charge in [-0.3, -0.25) is 14.2 Å². The number of hydrogen-bond donors (Lipinski definition) is 1. The van der Waals surface area contributed by atoms with Gasteiger partial charge in [0.2, 0.25) is 5.91 Å². The van der Waals surface area contributed by atoms with E-state index in [0.29, 0.717) is 31.8 Å². The first-order valence-corrected chi connectivity index (χ1v) is 11.5. The standard InChI is InChI=1S/C26H26N6O3/c33-23(30-13-15-31(16-14-30)26(34)35-19-20-7-3-1-4-8-20)18-28-25-24(21-9-5-2-6-10-21)29-22-17-27-11-12-32(22)25/h1-12,17,28H,13-16,18-19H2. The van der Waals surface area contributed by atoms with E-state index in [9.17, 15) is 9.59 Å². The molecule has 0 radical (unpaired) electrons. The van der Waals surface area contributed by atoms with Gasteiger partial charge < -0.3 is 19.9 Å². The Morgan fingerprint density at radius 3 is 2.34 bits per heavy atom. The van der Waals surface area contributed by atoms with Crippen molar-refractivity contribution in [2.75, 3.05) is 38.0 Å². The van der Waals surface area contributed by atoms with Gasteiger partial charge in [0.05, 0.1) is 12.7 Å². The Balaban J connectivity index is 1.18. The molecule has 2 aromatic carbocycles. The average molecular weight is 471 g/mol. The Hall–Kier alpha value is -4.40. The monoisotopic (exact) mass is 470 g/mol. The average Bonchev–Trinajstić information content (AvgIpc) is 3.30. The summed E-state index contributed by atoms with van der Waals surface area (Å²) < 4.78 is 7.30. The van der Waals surface area contributed by atoms with E-state index in [0.717, 1.165) is 22.6 Å². The van der Waals surface area contributed by atoms with E-state index in [1.54, 1.807) is 22.2 Å². The van der Waals surface area contributed by atoms with Crippen molar-refractivity contribution in [2.24, 2.45) is 0 Å². The van der Waals surface area contributed by atoms with Gasteiger partial charge in [-0.1, -0.05) is 60.7 Å². The number of carbonyl (C=O) groups excluding carboxylic acids is 2. The van der Waals surface area contributed by atoms with Crippen molar-refractivity contribution in [3.63, 3.8) is 0 Å². The maximum absolute atomic E-state index is 13.0. The Morgan fingerprint density at radius 1 is 0.914 bits per heavy atom. The highest BCUT2D eigenvalue weighted by atomic mass is 16.6. The third kappa shape index (κ3) is 5.08. The van der Waals surface area contributed by atoms with Gasteiger partial charge in [-0.05, 0) is 5.56 Å². The summed E-state index contributed by atoms with van der Waals surface area (Å²) in [5, 5.41) is 3.28. The summed E-state index contributed by atoms with van der Waals surface area (Å²) in [6.07, 6.45) is 4.84. The topological polar surface area (TPSA) is 92.1 Å². The maximum atomic E-state index is 13.0. The van der Waals surface area contributed by atoms with Crippen LogP contribution in [-0.2, 0) is 16.1 Å². The molecule has 1 aliphatic heterocycles. The fourth-order valence-electron chi connectivity index (χ4n) is 4.09. The molecule has 2 aromatic heterocycles. The molecule has 4 aromatic rings. The van der Waals surface area contributed by atoms with Crippen LogP contribution in [0.1, 0.15) is 5.56 Å². The summed E-state index contributed by atoms with van der Waals surface area (Å²) in [5.74, 6) is 0.704. The lowest BCUT2D eigenvalue weighted by atomic mass is 10.1. The van der Waals surface area contributed by atoms with Crippen molar-refractivity contribution >= 4 is 23.5 Å². The first-order valence-electron chi connectivity index (χ1n) is 11.5. The van der Waals surface area contributed by atoms with Crippen LogP contribution in [0.5, 0.6) is 0 Å². The van der Waals surface area contributed by atoms with E-state index in [-0.39, 0.29) is 25.2 Å². The van der Waals surface area contributed by atoms with Crippen LogP contribution in [0, 0.1) is 0 Å². The highest BCUT2D eigenvalue weighted by molar-refractivity contribution is 5.84. The lowest BCUT2D eigenvalue weighted by Gasteiger charge is -2.34. The van der Waals surface area contributed by atoms with Crippen LogP contribution in [-0.4, -0.2) is 68.9 Å². The van der Waals surface area contributed by atoms with Crippen LogP contribution in [0.15, 0.2) is 79.3 Å². The second kappa shape index (κ2) is 10.3. The molecule has 1 fully saturated rings. The van der Waals surface area contributed by atoms with Gasteiger partial charge in [0.15, 0.2) is 5.65 Å². The quantitative estimate of drug-likeness (QED) is 0.465. The number of nitrogens with one attached hydrogen (secondary N) is 1. The highest BCUT2D eigenvalue weighted by Crippen LogP contribution is 2.28. The number of rotatable bonds is 6. The Bertz CT molecular complexity index is 1300. The normalized spacial score (nSPS) is 13.6. The van der Waals surface area contributed by atoms with E-state index in [4.69, 9.17) is 9.72 Å². The van der Waals surface area contributed by atoms with E-state index in [2.05, 4.69) is 10.3 Å². The van der Waals surface area contributed by atoms with E-state index in [1.165, 1.54) is 0 Å². The summed E-state index contributed by atoms with van der Waals surface area (Å²) >= 11 is 0. The highest BCUT2D eigenvalue weighted by Gasteiger charge is 2.25. The van der Waals surface area contributed by atoms with Gasteiger partial charge in [0.1, 0.15) is 18.1 Å². The van der Waals surface area contributed by atoms with Crippen LogP contribution in [0.25, 0.3) is 16.9 Å². The molecule has 3 heterocycles. The summed E-state index contributed by atoms with van der Waals surface area (Å²) in [7, 11) is 0. The SMILES string of the molecule is O=C(CNc1c(-c2ccccc2)nc2cnccn12)N1CCN(C(=O)OCc2ccccc2)CC1. The van der Waals surface area contributed by atoms with Crippen molar-refractivity contribution in [3.8, 4) is 11.3 Å². The third-order valence-electron chi connectivity index (χ3n) is 5.98. The molecule has 9 nitrogen and oxygen atoms in total. The molecule has 1 N–H and O–H groups in total. The number of ether oxygens (including phenoxy) is 1. The number of benzene rings is 2. The molecule has 1 saturated heterocycles. The van der Waals surface area contributed by atoms with Gasteiger partial charge >= 0.3 is 6.09 Å². The van der Waals surface area contributed by atoms with Crippen LogP contribution in [0.4, 0.5) is 10.6 Å². The smallest absolute Gasteiger partial charge is 0.410 e. The summed E-state index contributed by atoms with van der Waals surface area (Å²) in [4.78, 5) is 37.6. The second-order valence-electron chi connectivity index (χ2n) is 8.24. The Kier molecular flexibility index (Phi) is 6.56. The zero-order chi connectivity index (χ0) is 24.0. The summed E-state index contributed by atoms with van der Waals surface area (Å²) in [6.45, 7) is 2.16. The van der Waals surface area contributed by atoms with Crippen molar-refractivity contribution in [2.45, 2.75) is 6.61 Å². The lowest BCUT2D eigenvalue weighted by Crippen LogP contribution is -2.51. The van der Waals surface area contributed by atoms with Crippen molar-refractivity contribution < 1.29 is 14.3 Å². The molecule has 5 rings (SSSR count). The predicted molar refractivity (Wildman–Crippen MR) is 132 cm³/mol. The zero-order valence-corrected chi connectivity index (χ0v) is 19.2. The Morgan fingerprint density at radius 2 is 1.60 bits per heavy atom. The van der Waals surface area contributed by atoms with Crippen LogP contribution in [0.2, 0.25) is 0 Å². The predicted octanol–water partition coefficient (Wildman–Crippen LogP) is 3.29. The molecule has 35 heavy (non-hydrogen) atoms. The number of hydrogen-bond acceptors (Lipinski definition) is 6. The summed E-state index contributed by atoms with van der Waals surface area (Å²) in [6, 6.07) is 19.4. The second-order valence-corrected chi connectivity index (χ2v) is 8.24. The van der Waals surface area contributed by atoms with Gasteiger partial charge in [0.25, 0.3) is 0 Å². The minimum absolute atomic E-state index is 0.0367. The first kappa shape index (κ1) is 22.4. The maximum Gasteiger partial charge on any atom is 0.410 e. The van der Waals surface area contributed by atoms with Gasteiger partial charge in [-0.2, -0.15) is 0 Å². The molecule has 0 aliphatic carbocycles. The van der Waals surface area contributed by atoms with E-state index in [1.807, 2.05) is 71.3 Å². The molecular formula is C26H26N6O3. The largest absolute Gasteiger partial charge is 0.445 e. The van der Waals surface area contributed by atoms with Crippen LogP contribution in [0.3, 0.4) is 0 Å². The number of amides is 2. The van der Waals surface area contributed by atoms with E-state index < -0.39 is 0 Å². The number of imidazole rings is 1. The van der Waals surface area contributed by atoms with Crippen molar-refractivity contribution in [1.29, 1.82) is 0 Å². The fourth-order valence-corrected chi connectivity index (χ4v) is 4.09.